The number of nitrogens with zero attached hydrogens (tertiary/aromatic N) is 2. The summed E-state index contributed by atoms with van der Waals surface area (Å²) in [4.78, 5) is 27.2. The van der Waals surface area contributed by atoms with Gasteiger partial charge in [0.05, 0.1) is 0 Å². The third-order valence-corrected chi connectivity index (χ3v) is 3.76. The average Bonchev–Trinajstić information content (AvgIpc) is 2.53. The van der Waals surface area contributed by atoms with Gasteiger partial charge in [0.2, 0.25) is 5.91 Å². The van der Waals surface area contributed by atoms with E-state index in [0.29, 0.717) is 25.2 Å². The molecule has 122 valence electrons. The molecule has 0 unspecified atom stereocenters. The molecule has 0 fully saturated rings. The second-order valence-corrected chi connectivity index (χ2v) is 5.27. The highest BCUT2D eigenvalue weighted by molar-refractivity contribution is 5.94. The smallest absolute Gasteiger partial charge is 0.251 e. The molecular formula is C17H27N3O2. The third-order valence-electron chi connectivity index (χ3n) is 3.76. The lowest BCUT2D eigenvalue weighted by Crippen LogP contribution is -2.32. The summed E-state index contributed by atoms with van der Waals surface area (Å²) in [6.45, 7) is 8.48. The maximum absolute atomic E-state index is 12.0. The van der Waals surface area contributed by atoms with Crippen molar-refractivity contribution in [2.24, 2.45) is 0 Å². The van der Waals surface area contributed by atoms with Crippen molar-refractivity contribution in [1.29, 1.82) is 0 Å². The van der Waals surface area contributed by atoms with E-state index in [9.17, 15) is 9.59 Å². The summed E-state index contributed by atoms with van der Waals surface area (Å²) in [6, 6.07) is 7.58. The standard InChI is InChI=1S/C17H27N3O2/c1-5-19(4)16-10-8-15(9-11-16)17(22)18-12-7-13-20(6-2)14(3)21/h8-11H,5-7,12-13H2,1-4H3,(H,18,22). The fourth-order valence-corrected chi connectivity index (χ4v) is 2.16. The van der Waals surface area contributed by atoms with Gasteiger partial charge in [-0.05, 0) is 44.5 Å². The van der Waals surface area contributed by atoms with Crippen LogP contribution in [0.1, 0.15) is 37.6 Å². The van der Waals surface area contributed by atoms with Gasteiger partial charge < -0.3 is 15.1 Å². The number of carbonyl (C=O) groups is 2. The number of amides is 2. The normalized spacial score (nSPS) is 10.2. The Bertz CT molecular complexity index is 485. The van der Waals surface area contributed by atoms with Gasteiger partial charge in [-0.15, -0.1) is 0 Å². The van der Waals surface area contributed by atoms with Gasteiger partial charge in [-0.3, -0.25) is 9.59 Å². The lowest BCUT2D eigenvalue weighted by molar-refractivity contribution is -0.128. The first-order chi connectivity index (χ1) is 10.5. The highest BCUT2D eigenvalue weighted by atomic mass is 16.2. The summed E-state index contributed by atoms with van der Waals surface area (Å²) in [5.74, 6) is 0.000958. The zero-order valence-electron chi connectivity index (χ0n) is 14.1. The molecule has 0 saturated heterocycles. The zero-order valence-corrected chi connectivity index (χ0v) is 14.1. The van der Waals surface area contributed by atoms with Crippen LogP contribution in [0.15, 0.2) is 24.3 Å². The van der Waals surface area contributed by atoms with E-state index in [4.69, 9.17) is 0 Å². The van der Waals surface area contributed by atoms with Crippen LogP contribution in [0.4, 0.5) is 5.69 Å². The van der Waals surface area contributed by atoms with Crippen LogP contribution >= 0.6 is 0 Å². The first-order valence-electron chi connectivity index (χ1n) is 7.84. The largest absolute Gasteiger partial charge is 0.375 e. The molecule has 0 aliphatic rings. The van der Waals surface area contributed by atoms with Crippen LogP contribution < -0.4 is 10.2 Å². The van der Waals surface area contributed by atoms with Crippen LogP contribution in [-0.2, 0) is 4.79 Å². The fourth-order valence-electron chi connectivity index (χ4n) is 2.16. The molecule has 22 heavy (non-hydrogen) atoms. The van der Waals surface area contributed by atoms with E-state index in [-0.39, 0.29) is 11.8 Å². The molecule has 1 rings (SSSR count). The van der Waals surface area contributed by atoms with Crippen LogP contribution in [0.3, 0.4) is 0 Å². The lowest BCUT2D eigenvalue weighted by atomic mass is 10.2. The Hall–Kier alpha value is -2.04. The van der Waals surface area contributed by atoms with Crippen molar-refractivity contribution in [2.75, 3.05) is 38.1 Å². The Morgan fingerprint density at radius 2 is 1.73 bits per heavy atom. The lowest BCUT2D eigenvalue weighted by Gasteiger charge is -2.18. The number of anilines is 1. The molecule has 1 aromatic carbocycles. The van der Waals surface area contributed by atoms with Crippen molar-refractivity contribution in [3.05, 3.63) is 29.8 Å². The van der Waals surface area contributed by atoms with E-state index in [0.717, 1.165) is 18.7 Å². The maximum Gasteiger partial charge on any atom is 0.251 e. The van der Waals surface area contributed by atoms with Gasteiger partial charge in [0.25, 0.3) is 5.91 Å². The predicted octanol–water partition coefficient (Wildman–Crippen LogP) is 2.13. The number of hydrogen-bond donors (Lipinski definition) is 1. The summed E-state index contributed by atoms with van der Waals surface area (Å²) in [7, 11) is 2.02. The van der Waals surface area contributed by atoms with E-state index in [2.05, 4.69) is 17.1 Å². The summed E-state index contributed by atoms with van der Waals surface area (Å²) in [5.41, 5.74) is 1.76. The summed E-state index contributed by atoms with van der Waals surface area (Å²) in [5, 5.41) is 2.89. The molecule has 0 aromatic heterocycles. The van der Waals surface area contributed by atoms with E-state index < -0.39 is 0 Å². The topological polar surface area (TPSA) is 52.7 Å². The predicted molar refractivity (Wildman–Crippen MR) is 90.3 cm³/mol. The van der Waals surface area contributed by atoms with Gasteiger partial charge in [-0.25, -0.2) is 0 Å². The van der Waals surface area contributed by atoms with Crippen LogP contribution in [0.25, 0.3) is 0 Å². The van der Waals surface area contributed by atoms with Crippen molar-refractivity contribution >= 4 is 17.5 Å². The first kappa shape index (κ1) is 18.0. The molecule has 1 aromatic rings. The van der Waals surface area contributed by atoms with E-state index in [1.54, 1.807) is 11.8 Å². The SMILES string of the molecule is CCN(CCCNC(=O)c1ccc(N(C)CC)cc1)C(C)=O. The Balaban J connectivity index is 2.41. The molecule has 0 spiro atoms. The summed E-state index contributed by atoms with van der Waals surface area (Å²) in [6.07, 6.45) is 0.760. The number of hydrogen-bond acceptors (Lipinski definition) is 3. The van der Waals surface area contributed by atoms with Gasteiger partial charge in [0.1, 0.15) is 0 Å². The maximum atomic E-state index is 12.0. The summed E-state index contributed by atoms with van der Waals surface area (Å²) >= 11 is 0. The van der Waals surface area contributed by atoms with Crippen molar-refractivity contribution in [1.82, 2.24) is 10.2 Å². The molecule has 5 nitrogen and oxygen atoms in total. The highest BCUT2D eigenvalue weighted by Gasteiger charge is 2.08. The molecule has 0 heterocycles. The van der Waals surface area contributed by atoms with E-state index in [1.165, 1.54) is 0 Å². The zero-order chi connectivity index (χ0) is 16.5. The second kappa shape index (κ2) is 9.07. The molecule has 5 heteroatoms. The third kappa shape index (κ3) is 5.39. The minimum Gasteiger partial charge on any atom is -0.375 e. The molecular weight excluding hydrogens is 278 g/mol. The Kier molecular flexibility index (Phi) is 7.43. The van der Waals surface area contributed by atoms with Gasteiger partial charge in [0, 0.05) is 51.4 Å². The van der Waals surface area contributed by atoms with Crippen molar-refractivity contribution < 1.29 is 9.59 Å². The van der Waals surface area contributed by atoms with E-state index >= 15 is 0 Å². The Morgan fingerprint density at radius 1 is 1.09 bits per heavy atom. The van der Waals surface area contributed by atoms with Gasteiger partial charge >= 0.3 is 0 Å². The van der Waals surface area contributed by atoms with E-state index in [1.807, 2.05) is 38.2 Å². The van der Waals surface area contributed by atoms with Crippen LogP contribution in [0, 0.1) is 0 Å². The van der Waals surface area contributed by atoms with Crippen LogP contribution in [0.5, 0.6) is 0 Å². The molecule has 0 atom stereocenters. The van der Waals surface area contributed by atoms with Gasteiger partial charge in [-0.2, -0.15) is 0 Å². The number of rotatable bonds is 8. The summed E-state index contributed by atoms with van der Waals surface area (Å²) < 4.78 is 0. The molecule has 0 saturated carbocycles. The van der Waals surface area contributed by atoms with Gasteiger partial charge in [0.15, 0.2) is 0 Å². The molecule has 0 bridgehead atoms. The highest BCUT2D eigenvalue weighted by Crippen LogP contribution is 2.13. The van der Waals surface area contributed by atoms with Gasteiger partial charge in [-0.1, -0.05) is 0 Å². The first-order valence-corrected chi connectivity index (χ1v) is 7.84. The molecule has 0 radical (unpaired) electrons. The molecule has 0 aliphatic heterocycles. The van der Waals surface area contributed by atoms with Crippen LogP contribution in [-0.4, -0.2) is 49.9 Å². The van der Waals surface area contributed by atoms with Crippen molar-refractivity contribution in [3.8, 4) is 0 Å². The number of carbonyl (C=O) groups excluding carboxylic acids is 2. The second-order valence-electron chi connectivity index (χ2n) is 5.27. The quantitative estimate of drug-likeness (QED) is 0.749. The number of nitrogens with one attached hydrogen (secondary N) is 1. The van der Waals surface area contributed by atoms with Crippen LogP contribution in [0.2, 0.25) is 0 Å². The minimum absolute atomic E-state index is 0.0726. The van der Waals surface area contributed by atoms with Crippen molar-refractivity contribution in [2.45, 2.75) is 27.2 Å². The fraction of sp³-hybridized carbons (Fsp3) is 0.529. The number of benzene rings is 1. The minimum atomic E-state index is -0.0726. The van der Waals surface area contributed by atoms with Crippen molar-refractivity contribution in [3.63, 3.8) is 0 Å². The molecule has 1 N–H and O–H groups in total. The molecule has 2 amide bonds. The molecule has 0 aliphatic carbocycles. The monoisotopic (exact) mass is 305 g/mol. The Labute approximate surface area is 133 Å². The Morgan fingerprint density at radius 3 is 2.23 bits per heavy atom. The average molecular weight is 305 g/mol.